The summed E-state index contributed by atoms with van der Waals surface area (Å²) in [6, 6.07) is 5.91. The molecule has 1 fully saturated rings. The SMILES string of the molecule is C=CCCOC(C)C(=O)N1CCN(S(=O)(=O)c2ccc(C(C)=O)cc2)CC1. The fourth-order valence-electron chi connectivity index (χ4n) is 2.82. The Kier molecular flexibility index (Phi) is 7.29. The topological polar surface area (TPSA) is 84.0 Å². The summed E-state index contributed by atoms with van der Waals surface area (Å²) in [7, 11) is -3.65. The number of Topliss-reactive ketones (excluding diaryl/α,β-unsaturated/α-hetero) is 1. The molecule has 27 heavy (non-hydrogen) atoms. The predicted molar refractivity (Wildman–Crippen MR) is 102 cm³/mol. The Morgan fingerprint density at radius 1 is 1.19 bits per heavy atom. The van der Waals surface area contributed by atoms with Gasteiger partial charge >= 0.3 is 0 Å². The van der Waals surface area contributed by atoms with Crippen LogP contribution in [0.5, 0.6) is 0 Å². The first-order valence-electron chi connectivity index (χ1n) is 8.90. The Balaban J connectivity index is 1.96. The average Bonchev–Trinajstić information content (AvgIpc) is 2.67. The number of rotatable bonds is 8. The highest BCUT2D eigenvalue weighted by molar-refractivity contribution is 7.89. The molecule has 0 aliphatic carbocycles. The van der Waals surface area contributed by atoms with Crippen LogP contribution in [-0.2, 0) is 19.6 Å². The summed E-state index contributed by atoms with van der Waals surface area (Å²) in [5.41, 5.74) is 0.467. The molecule has 1 aliphatic heterocycles. The maximum Gasteiger partial charge on any atom is 0.251 e. The third-order valence-corrected chi connectivity index (χ3v) is 6.40. The minimum Gasteiger partial charge on any atom is -0.368 e. The minimum atomic E-state index is -3.65. The molecule has 7 nitrogen and oxygen atoms in total. The van der Waals surface area contributed by atoms with Crippen molar-refractivity contribution in [2.45, 2.75) is 31.3 Å². The van der Waals surface area contributed by atoms with Crippen LogP contribution in [0.15, 0.2) is 41.8 Å². The molecule has 148 valence electrons. The van der Waals surface area contributed by atoms with Crippen molar-refractivity contribution in [3.8, 4) is 0 Å². The van der Waals surface area contributed by atoms with E-state index in [1.165, 1.54) is 35.5 Å². The van der Waals surface area contributed by atoms with Crippen LogP contribution in [0.2, 0.25) is 0 Å². The van der Waals surface area contributed by atoms with Crippen molar-refractivity contribution >= 4 is 21.7 Å². The first-order chi connectivity index (χ1) is 12.8. The van der Waals surface area contributed by atoms with Crippen molar-refractivity contribution in [1.29, 1.82) is 0 Å². The largest absolute Gasteiger partial charge is 0.368 e. The van der Waals surface area contributed by atoms with Gasteiger partial charge in [0, 0.05) is 31.7 Å². The highest BCUT2D eigenvalue weighted by atomic mass is 32.2. The predicted octanol–water partition coefficient (Wildman–Crippen LogP) is 1.70. The number of nitrogens with zero attached hydrogens (tertiary/aromatic N) is 2. The second-order valence-corrected chi connectivity index (χ2v) is 8.34. The van der Waals surface area contributed by atoms with Crippen molar-refractivity contribution in [2.24, 2.45) is 0 Å². The number of ether oxygens (including phenoxy) is 1. The van der Waals surface area contributed by atoms with Crippen molar-refractivity contribution in [1.82, 2.24) is 9.21 Å². The van der Waals surface area contributed by atoms with Gasteiger partial charge in [0.05, 0.1) is 11.5 Å². The van der Waals surface area contributed by atoms with Crippen LogP contribution in [0.25, 0.3) is 0 Å². The van der Waals surface area contributed by atoms with Gasteiger partial charge in [-0.05, 0) is 32.4 Å². The summed E-state index contributed by atoms with van der Waals surface area (Å²) < 4.78 is 32.3. The molecule has 0 spiro atoms. The standard InChI is InChI=1S/C19H26N2O5S/c1-4-5-14-26-16(3)19(23)20-10-12-21(13-11-20)27(24,25)18-8-6-17(7-9-18)15(2)22/h4,6-9,16H,1,5,10-14H2,2-3H3. The van der Waals surface area contributed by atoms with Crippen LogP contribution >= 0.6 is 0 Å². The quantitative estimate of drug-likeness (QED) is 0.381. The molecule has 0 aromatic heterocycles. The van der Waals surface area contributed by atoms with Crippen LogP contribution in [0.4, 0.5) is 0 Å². The number of hydrogen-bond acceptors (Lipinski definition) is 5. The molecule has 0 saturated carbocycles. The van der Waals surface area contributed by atoms with E-state index in [0.29, 0.717) is 31.7 Å². The van der Waals surface area contributed by atoms with E-state index >= 15 is 0 Å². The summed E-state index contributed by atoms with van der Waals surface area (Å²) in [4.78, 5) is 25.5. The van der Waals surface area contributed by atoms with Gasteiger partial charge in [0.15, 0.2) is 5.78 Å². The van der Waals surface area contributed by atoms with Crippen LogP contribution in [0.3, 0.4) is 0 Å². The molecular weight excluding hydrogens is 368 g/mol. The molecule has 2 rings (SSSR count). The van der Waals surface area contributed by atoms with Gasteiger partial charge in [-0.2, -0.15) is 4.31 Å². The van der Waals surface area contributed by atoms with Crippen LogP contribution in [0, 0.1) is 0 Å². The average molecular weight is 394 g/mol. The van der Waals surface area contributed by atoms with Crippen LogP contribution in [0.1, 0.15) is 30.6 Å². The second-order valence-electron chi connectivity index (χ2n) is 6.40. The molecule has 1 aromatic carbocycles. The normalized spacial score (nSPS) is 16.7. The fourth-order valence-corrected chi connectivity index (χ4v) is 4.24. The van der Waals surface area contributed by atoms with Crippen molar-refractivity contribution in [3.63, 3.8) is 0 Å². The Bertz CT molecular complexity index is 781. The number of carbonyl (C=O) groups excluding carboxylic acids is 2. The summed E-state index contributed by atoms with van der Waals surface area (Å²) in [6.07, 6.45) is 1.84. The molecular formula is C19H26N2O5S. The number of sulfonamides is 1. The summed E-state index contributed by atoms with van der Waals surface area (Å²) >= 11 is 0. The Labute approximate surface area is 160 Å². The molecule has 1 amide bonds. The van der Waals surface area contributed by atoms with Gasteiger partial charge < -0.3 is 9.64 Å². The highest BCUT2D eigenvalue weighted by Crippen LogP contribution is 2.19. The molecule has 8 heteroatoms. The molecule has 0 N–H and O–H groups in total. The first kappa shape index (κ1) is 21.3. The number of carbonyl (C=O) groups is 2. The molecule has 1 aromatic rings. The van der Waals surface area contributed by atoms with E-state index < -0.39 is 16.1 Å². The second kappa shape index (κ2) is 9.25. The van der Waals surface area contributed by atoms with Gasteiger partial charge in [0.1, 0.15) is 6.10 Å². The Hall–Kier alpha value is -2.03. The maximum absolute atomic E-state index is 12.8. The lowest BCUT2D eigenvalue weighted by atomic mass is 10.2. The van der Waals surface area contributed by atoms with Crippen LogP contribution < -0.4 is 0 Å². The molecule has 0 radical (unpaired) electrons. The monoisotopic (exact) mass is 394 g/mol. The zero-order chi connectivity index (χ0) is 20.0. The van der Waals surface area contributed by atoms with E-state index in [-0.39, 0.29) is 29.7 Å². The highest BCUT2D eigenvalue weighted by Gasteiger charge is 2.31. The van der Waals surface area contributed by atoms with E-state index in [0.717, 1.165) is 0 Å². The van der Waals surface area contributed by atoms with E-state index in [4.69, 9.17) is 4.74 Å². The van der Waals surface area contributed by atoms with E-state index in [1.54, 1.807) is 17.9 Å². The fraction of sp³-hybridized carbons (Fsp3) is 0.474. The number of amides is 1. The molecule has 1 saturated heterocycles. The Morgan fingerprint density at radius 3 is 2.30 bits per heavy atom. The van der Waals surface area contributed by atoms with Crippen molar-refractivity contribution < 1.29 is 22.7 Å². The lowest BCUT2D eigenvalue weighted by Gasteiger charge is -2.35. The number of ketones is 1. The molecule has 1 heterocycles. The first-order valence-corrected chi connectivity index (χ1v) is 10.3. The van der Waals surface area contributed by atoms with Crippen LogP contribution in [-0.4, -0.2) is 68.2 Å². The number of hydrogen-bond donors (Lipinski definition) is 0. The van der Waals surface area contributed by atoms with Gasteiger partial charge in [-0.3, -0.25) is 9.59 Å². The van der Waals surface area contributed by atoms with Gasteiger partial charge in [-0.15, -0.1) is 6.58 Å². The molecule has 0 bridgehead atoms. The van der Waals surface area contributed by atoms with Gasteiger partial charge in [0.25, 0.3) is 5.91 Å². The lowest BCUT2D eigenvalue weighted by Crippen LogP contribution is -2.52. The Morgan fingerprint density at radius 2 is 1.78 bits per heavy atom. The maximum atomic E-state index is 12.8. The zero-order valence-electron chi connectivity index (χ0n) is 15.8. The molecule has 1 aliphatic rings. The lowest BCUT2D eigenvalue weighted by molar-refractivity contribution is -0.143. The van der Waals surface area contributed by atoms with Crippen molar-refractivity contribution in [3.05, 3.63) is 42.5 Å². The van der Waals surface area contributed by atoms with Gasteiger partial charge in [-0.1, -0.05) is 18.2 Å². The van der Waals surface area contributed by atoms with E-state index in [9.17, 15) is 18.0 Å². The molecule has 1 unspecified atom stereocenters. The smallest absolute Gasteiger partial charge is 0.251 e. The summed E-state index contributed by atoms with van der Waals surface area (Å²) in [5, 5.41) is 0. The van der Waals surface area contributed by atoms with Crippen molar-refractivity contribution in [2.75, 3.05) is 32.8 Å². The third kappa shape index (κ3) is 5.24. The van der Waals surface area contributed by atoms with E-state index in [1.807, 2.05) is 0 Å². The summed E-state index contributed by atoms with van der Waals surface area (Å²) in [6.45, 7) is 8.26. The summed E-state index contributed by atoms with van der Waals surface area (Å²) in [5.74, 6) is -0.252. The minimum absolute atomic E-state index is 0.115. The van der Waals surface area contributed by atoms with E-state index in [2.05, 4.69) is 6.58 Å². The van der Waals surface area contributed by atoms with Gasteiger partial charge in [-0.25, -0.2) is 8.42 Å². The molecule has 1 atom stereocenters. The third-order valence-electron chi connectivity index (χ3n) is 4.49. The number of piperazine rings is 1. The van der Waals surface area contributed by atoms with Gasteiger partial charge in [0.2, 0.25) is 10.0 Å². The zero-order valence-corrected chi connectivity index (χ0v) is 16.6. The number of benzene rings is 1.